The van der Waals surface area contributed by atoms with E-state index < -0.39 is 5.60 Å². The van der Waals surface area contributed by atoms with Crippen molar-refractivity contribution >= 4 is 28.7 Å². The van der Waals surface area contributed by atoms with E-state index in [1.54, 1.807) is 6.92 Å². The highest BCUT2D eigenvalue weighted by Gasteiger charge is 2.35. The molecule has 1 aromatic carbocycles. The molecule has 172 valence electrons. The number of anilines is 1. The fourth-order valence-corrected chi connectivity index (χ4v) is 5.40. The molecule has 2 aliphatic rings. The van der Waals surface area contributed by atoms with Crippen LogP contribution in [0.2, 0.25) is 0 Å². The number of hydrogen-bond donors (Lipinski definition) is 2. The van der Waals surface area contributed by atoms with Gasteiger partial charge in [0.1, 0.15) is 17.2 Å². The molecular weight excluding hydrogens is 436 g/mol. The number of ether oxygens (including phenoxy) is 1. The maximum Gasteiger partial charge on any atom is 0.323 e. The van der Waals surface area contributed by atoms with Gasteiger partial charge in [-0.25, -0.2) is 9.98 Å². The number of rotatable bonds is 4. The third-order valence-electron chi connectivity index (χ3n) is 6.61. The summed E-state index contributed by atoms with van der Waals surface area (Å²) < 4.78 is 10.4. The van der Waals surface area contributed by atoms with Crippen LogP contribution in [0, 0.1) is 12.8 Å². The monoisotopic (exact) mass is 464 g/mol. The molecule has 0 amide bonds. The lowest BCUT2D eigenvalue weighted by atomic mass is 9.77. The number of nitrogens with one attached hydrogen (secondary N) is 1. The molecule has 0 bridgehead atoms. The standard InChI is InChI=1S/C24H28N6O2S/c1-13-26-21(25)19-22(27-13)32-24(2,3)20(29-19)17-10-8-16(9-11-17)15-6-4-14(5-7-15)12-18-28-23(31)33-30-18/h8-11,14-15H,4-7,12H2,1-3H3,(H2,25,26,27)(H,28,30,31). The van der Waals surface area contributed by atoms with Gasteiger partial charge in [0.05, 0.1) is 5.71 Å². The van der Waals surface area contributed by atoms with Crippen LogP contribution in [0.25, 0.3) is 0 Å². The van der Waals surface area contributed by atoms with Gasteiger partial charge >= 0.3 is 4.87 Å². The van der Waals surface area contributed by atoms with Crippen LogP contribution in [0.4, 0.5) is 11.5 Å². The van der Waals surface area contributed by atoms with Gasteiger partial charge in [-0.2, -0.15) is 9.36 Å². The van der Waals surface area contributed by atoms with Gasteiger partial charge in [0.2, 0.25) is 5.88 Å². The van der Waals surface area contributed by atoms with Gasteiger partial charge in [0.25, 0.3) is 0 Å². The Morgan fingerprint density at radius 2 is 1.88 bits per heavy atom. The summed E-state index contributed by atoms with van der Waals surface area (Å²) in [6.45, 7) is 5.78. The molecule has 8 nitrogen and oxygen atoms in total. The molecule has 0 unspecified atom stereocenters. The van der Waals surface area contributed by atoms with Gasteiger partial charge in [0, 0.05) is 23.5 Å². The van der Waals surface area contributed by atoms with Crippen LogP contribution in [0.5, 0.6) is 5.88 Å². The van der Waals surface area contributed by atoms with Crippen molar-refractivity contribution in [2.45, 2.75) is 64.4 Å². The number of nitrogens with two attached hydrogens (primary N) is 1. The Morgan fingerprint density at radius 1 is 1.15 bits per heavy atom. The molecule has 1 aliphatic carbocycles. The minimum atomic E-state index is -0.628. The molecule has 3 aromatic rings. The molecule has 9 heteroatoms. The van der Waals surface area contributed by atoms with Gasteiger partial charge in [-0.05, 0) is 63.9 Å². The second-order valence-corrected chi connectivity index (χ2v) is 10.2. The number of nitrogens with zero attached hydrogens (tertiary/aromatic N) is 4. The van der Waals surface area contributed by atoms with Crippen LogP contribution in [0.15, 0.2) is 34.1 Å². The number of aromatic nitrogens is 4. The van der Waals surface area contributed by atoms with Gasteiger partial charge in [-0.15, -0.1) is 0 Å². The van der Waals surface area contributed by atoms with E-state index >= 15 is 0 Å². The molecule has 3 N–H and O–H groups in total. The first-order chi connectivity index (χ1) is 15.8. The number of aliphatic imine (C=N–C) groups is 1. The van der Waals surface area contributed by atoms with Crippen molar-refractivity contribution in [3.05, 3.63) is 56.7 Å². The first-order valence-corrected chi connectivity index (χ1v) is 12.1. The summed E-state index contributed by atoms with van der Waals surface area (Å²) in [5.41, 5.74) is 9.15. The van der Waals surface area contributed by atoms with E-state index in [2.05, 4.69) is 43.6 Å². The summed E-state index contributed by atoms with van der Waals surface area (Å²) in [4.78, 5) is 27.5. The van der Waals surface area contributed by atoms with Gasteiger partial charge in [-0.3, -0.25) is 9.78 Å². The molecule has 0 radical (unpaired) electrons. The number of fused-ring (bicyclic) bond motifs is 1. The average Bonchev–Trinajstić information content (AvgIpc) is 3.18. The molecule has 1 aliphatic heterocycles. The lowest BCUT2D eigenvalue weighted by Crippen LogP contribution is -2.41. The highest BCUT2D eigenvalue weighted by Crippen LogP contribution is 2.40. The van der Waals surface area contributed by atoms with Crippen LogP contribution < -0.4 is 15.3 Å². The molecule has 0 saturated heterocycles. The fraction of sp³-hybridized carbons (Fsp3) is 0.458. The summed E-state index contributed by atoms with van der Waals surface area (Å²) in [7, 11) is 0. The minimum absolute atomic E-state index is 0.0660. The summed E-state index contributed by atoms with van der Waals surface area (Å²) in [6, 6.07) is 8.67. The normalized spacial score (nSPS) is 21.7. The summed E-state index contributed by atoms with van der Waals surface area (Å²) in [5.74, 6) is 3.31. The first-order valence-electron chi connectivity index (χ1n) is 11.4. The van der Waals surface area contributed by atoms with E-state index in [0.717, 1.165) is 60.7 Å². The predicted octanol–water partition coefficient (Wildman–Crippen LogP) is 4.32. The van der Waals surface area contributed by atoms with E-state index in [9.17, 15) is 4.79 Å². The summed E-state index contributed by atoms with van der Waals surface area (Å²) >= 11 is 1.01. The number of aromatic amines is 1. The van der Waals surface area contributed by atoms with E-state index in [4.69, 9.17) is 15.5 Å². The highest BCUT2D eigenvalue weighted by molar-refractivity contribution is 7.02. The van der Waals surface area contributed by atoms with Gasteiger partial charge in [0.15, 0.2) is 11.5 Å². The Hall–Kier alpha value is -3.07. The Labute approximate surface area is 196 Å². The largest absolute Gasteiger partial charge is 0.463 e. The van der Waals surface area contributed by atoms with Gasteiger partial charge in [-0.1, -0.05) is 24.3 Å². The lowest BCUT2D eigenvalue weighted by molar-refractivity contribution is 0.171. The minimum Gasteiger partial charge on any atom is -0.463 e. The Bertz CT molecular complexity index is 1250. The predicted molar refractivity (Wildman–Crippen MR) is 130 cm³/mol. The topological polar surface area (TPSA) is 119 Å². The van der Waals surface area contributed by atoms with Crippen molar-refractivity contribution < 1.29 is 4.74 Å². The number of H-pyrrole nitrogens is 1. The smallest absolute Gasteiger partial charge is 0.323 e. The first kappa shape index (κ1) is 21.8. The number of benzene rings is 1. The van der Waals surface area contributed by atoms with Crippen molar-refractivity contribution in [3.63, 3.8) is 0 Å². The second-order valence-electron chi connectivity index (χ2n) is 9.47. The van der Waals surface area contributed by atoms with E-state index in [1.807, 2.05) is 13.8 Å². The van der Waals surface area contributed by atoms with E-state index in [0.29, 0.717) is 35.0 Å². The second kappa shape index (κ2) is 8.37. The summed E-state index contributed by atoms with van der Waals surface area (Å²) in [5, 5.41) is 0. The molecule has 33 heavy (non-hydrogen) atoms. The Balaban J connectivity index is 1.30. The van der Waals surface area contributed by atoms with Crippen molar-refractivity contribution in [3.8, 4) is 5.88 Å². The molecular formula is C24H28N6O2S. The van der Waals surface area contributed by atoms with Crippen LogP contribution >= 0.6 is 11.5 Å². The zero-order chi connectivity index (χ0) is 23.2. The van der Waals surface area contributed by atoms with Crippen LogP contribution in [-0.2, 0) is 6.42 Å². The van der Waals surface area contributed by atoms with E-state index in [-0.39, 0.29) is 4.87 Å². The lowest BCUT2D eigenvalue weighted by Gasteiger charge is -2.32. The molecule has 1 fully saturated rings. The fourth-order valence-electron chi connectivity index (χ4n) is 4.92. The Morgan fingerprint density at radius 3 is 2.55 bits per heavy atom. The van der Waals surface area contributed by atoms with Crippen LogP contribution in [0.1, 0.15) is 68.2 Å². The number of nitrogen functional groups attached to an aromatic ring is 1. The molecule has 0 spiro atoms. The van der Waals surface area contributed by atoms with E-state index in [1.165, 1.54) is 5.56 Å². The number of aryl methyl sites for hydroxylation is 1. The molecule has 5 rings (SSSR count). The molecule has 1 saturated carbocycles. The van der Waals surface area contributed by atoms with Crippen molar-refractivity contribution in [1.82, 2.24) is 19.3 Å². The van der Waals surface area contributed by atoms with Crippen LogP contribution in [0.3, 0.4) is 0 Å². The SMILES string of the molecule is Cc1nc(N)c2c(n1)OC(C)(C)C(c1ccc(C3CCC(Cc4nsc(=O)[nH]4)CC3)cc1)=N2. The molecule has 0 atom stereocenters. The molecule has 2 aromatic heterocycles. The molecule has 3 heterocycles. The average molecular weight is 465 g/mol. The Kier molecular flexibility index (Phi) is 5.52. The van der Waals surface area contributed by atoms with Crippen molar-refractivity contribution in [2.75, 3.05) is 5.73 Å². The van der Waals surface area contributed by atoms with Gasteiger partial charge < -0.3 is 10.5 Å². The third kappa shape index (κ3) is 4.42. The third-order valence-corrected chi connectivity index (χ3v) is 7.19. The quantitative estimate of drug-likeness (QED) is 0.593. The maximum absolute atomic E-state index is 11.3. The van der Waals surface area contributed by atoms with Crippen molar-refractivity contribution in [2.24, 2.45) is 10.9 Å². The maximum atomic E-state index is 11.3. The highest BCUT2D eigenvalue weighted by atomic mass is 32.1. The van der Waals surface area contributed by atoms with Crippen LogP contribution in [-0.4, -0.2) is 30.6 Å². The zero-order valence-corrected chi connectivity index (χ0v) is 19.9. The van der Waals surface area contributed by atoms with Crippen molar-refractivity contribution in [1.29, 1.82) is 0 Å². The zero-order valence-electron chi connectivity index (χ0n) is 19.1. The number of hydrogen-bond acceptors (Lipinski definition) is 8. The summed E-state index contributed by atoms with van der Waals surface area (Å²) in [6.07, 6.45) is 5.46.